The van der Waals surface area contributed by atoms with E-state index >= 15 is 0 Å². The predicted octanol–water partition coefficient (Wildman–Crippen LogP) is 2.80. The van der Waals surface area contributed by atoms with Crippen LogP contribution in [-0.2, 0) is 9.59 Å². The van der Waals surface area contributed by atoms with E-state index in [9.17, 15) is 9.59 Å². The molecule has 0 radical (unpaired) electrons. The lowest BCUT2D eigenvalue weighted by atomic mass is 10.1. The van der Waals surface area contributed by atoms with Gasteiger partial charge < -0.3 is 10.2 Å². The maximum Gasteiger partial charge on any atom is 0.231 e. The fourth-order valence-corrected chi connectivity index (χ4v) is 3.21. The number of aromatic nitrogens is 2. The van der Waals surface area contributed by atoms with E-state index < -0.39 is 5.92 Å². The number of carbonyl (C=O) groups is 2. The van der Waals surface area contributed by atoms with E-state index in [4.69, 9.17) is 11.6 Å². The molecule has 1 aromatic carbocycles. The minimum atomic E-state index is -0.410. The monoisotopic (exact) mass is 350 g/mol. The molecular formula is C15H15ClN4O2S. The van der Waals surface area contributed by atoms with Gasteiger partial charge in [-0.25, -0.2) is 0 Å². The second-order valence-corrected chi connectivity index (χ2v) is 7.04. The number of carbonyl (C=O) groups excluding carboxylic acids is 2. The van der Waals surface area contributed by atoms with Crippen LogP contribution in [0.3, 0.4) is 0 Å². The average Bonchev–Trinajstić information content (AvgIpc) is 3.08. The number of rotatable bonds is 3. The van der Waals surface area contributed by atoms with E-state index in [1.54, 1.807) is 11.0 Å². The zero-order valence-corrected chi connectivity index (χ0v) is 14.2. The number of halogens is 1. The third kappa shape index (κ3) is 3.35. The van der Waals surface area contributed by atoms with E-state index in [1.165, 1.54) is 11.3 Å². The van der Waals surface area contributed by atoms with E-state index in [0.717, 1.165) is 10.6 Å². The van der Waals surface area contributed by atoms with Gasteiger partial charge in [0, 0.05) is 23.7 Å². The molecule has 1 N–H and O–H groups in total. The van der Waals surface area contributed by atoms with Gasteiger partial charge in [0.05, 0.1) is 5.92 Å². The molecule has 120 valence electrons. The molecule has 1 fully saturated rings. The van der Waals surface area contributed by atoms with E-state index in [1.807, 2.05) is 26.0 Å². The van der Waals surface area contributed by atoms with Gasteiger partial charge in [0.25, 0.3) is 0 Å². The van der Waals surface area contributed by atoms with Crippen molar-refractivity contribution >= 4 is 45.6 Å². The Morgan fingerprint density at radius 1 is 1.39 bits per heavy atom. The number of aryl methyl sites for hydroxylation is 2. The van der Waals surface area contributed by atoms with Crippen LogP contribution >= 0.6 is 22.9 Å². The topological polar surface area (TPSA) is 75.2 Å². The lowest BCUT2D eigenvalue weighted by molar-refractivity contribution is -0.122. The van der Waals surface area contributed by atoms with Crippen molar-refractivity contribution in [3.05, 3.63) is 33.8 Å². The molecule has 1 unspecified atom stereocenters. The quantitative estimate of drug-likeness (QED) is 0.923. The molecule has 0 spiro atoms. The van der Waals surface area contributed by atoms with Crippen molar-refractivity contribution in [1.29, 1.82) is 0 Å². The summed E-state index contributed by atoms with van der Waals surface area (Å²) in [7, 11) is 0. The molecule has 8 heteroatoms. The van der Waals surface area contributed by atoms with Crippen LogP contribution in [0.15, 0.2) is 18.2 Å². The van der Waals surface area contributed by atoms with E-state index in [0.29, 0.717) is 22.4 Å². The van der Waals surface area contributed by atoms with Crippen LogP contribution in [-0.4, -0.2) is 28.6 Å². The standard InChI is InChI=1S/C15H15ClN4O2S/c1-8-3-4-11(6-12(8)16)20-7-10(5-13(20)21)14(22)17-15-19-18-9(2)23-15/h3-4,6,10H,5,7H2,1-2H3,(H,17,19,22). The molecule has 23 heavy (non-hydrogen) atoms. The molecule has 1 atom stereocenters. The maximum absolute atomic E-state index is 12.3. The number of hydrogen-bond donors (Lipinski definition) is 1. The highest BCUT2D eigenvalue weighted by molar-refractivity contribution is 7.15. The zero-order valence-electron chi connectivity index (χ0n) is 12.7. The molecule has 1 aliphatic rings. The second-order valence-electron chi connectivity index (χ2n) is 5.45. The predicted molar refractivity (Wildman–Crippen MR) is 89.9 cm³/mol. The smallest absolute Gasteiger partial charge is 0.231 e. The maximum atomic E-state index is 12.3. The average molecular weight is 351 g/mol. The Balaban J connectivity index is 1.71. The van der Waals surface area contributed by atoms with Crippen molar-refractivity contribution in [2.24, 2.45) is 5.92 Å². The minimum absolute atomic E-state index is 0.0847. The molecule has 2 heterocycles. The summed E-state index contributed by atoms with van der Waals surface area (Å²) in [5.41, 5.74) is 1.66. The van der Waals surface area contributed by atoms with Gasteiger partial charge >= 0.3 is 0 Å². The van der Waals surface area contributed by atoms with Gasteiger partial charge in [0.15, 0.2) is 0 Å². The Kier molecular flexibility index (Phi) is 4.32. The lowest BCUT2D eigenvalue weighted by Gasteiger charge is -2.17. The van der Waals surface area contributed by atoms with Crippen molar-refractivity contribution in [1.82, 2.24) is 10.2 Å². The number of nitrogens with zero attached hydrogens (tertiary/aromatic N) is 3. The molecule has 6 nitrogen and oxygen atoms in total. The van der Waals surface area contributed by atoms with Crippen LogP contribution < -0.4 is 10.2 Å². The van der Waals surface area contributed by atoms with Crippen LogP contribution in [0.25, 0.3) is 0 Å². The third-order valence-corrected chi connectivity index (χ3v) is 4.88. The minimum Gasteiger partial charge on any atom is -0.312 e. The van der Waals surface area contributed by atoms with Crippen molar-refractivity contribution in [2.75, 3.05) is 16.8 Å². The Morgan fingerprint density at radius 3 is 2.83 bits per heavy atom. The molecular weight excluding hydrogens is 336 g/mol. The molecule has 3 rings (SSSR count). The highest BCUT2D eigenvalue weighted by Gasteiger charge is 2.35. The van der Waals surface area contributed by atoms with Crippen LogP contribution in [0.4, 0.5) is 10.8 Å². The summed E-state index contributed by atoms with van der Waals surface area (Å²) in [6.45, 7) is 4.05. The first kappa shape index (κ1) is 15.9. The van der Waals surface area contributed by atoms with Gasteiger partial charge in [-0.2, -0.15) is 0 Å². The first-order chi connectivity index (χ1) is 10.9. The largest absolute Gasteiger partial charge is 0.312 e. The SMILES string of the molecule is Cc1nnc(NC(=O)C2CC(=O)N(c3ccc(C)c(Cl)c3)C2)s1. The van der Waals surface area contributed by atoms with Crippen LogP contribution in [0.2, 0.25) is 5.02 Å². The summed E-state index contributed by atoms with van der Waals surface area (Å²) in [6.07, 6.45) is 0.176. The number of nitrogens with one attached hydrogen (secondary N) is 1. The first-order valence-corrected chi connectivity index (χ1v) is 8.31. The van der Waals surface area contributed by atoms with Crippen LogP contribution in [0, 0.1) is 19.8 Å². The van der Waals surface area contributed by atoms with Crippen molar-refractivity contribution in [2.45, 2.75) is 20.3 Å². The van der Waals surface area contributed by atoms with Gasteiger partial charge in [-0.15, -0.1) is 10.2 Å². The Morgan fingerprint density at radius 2 is 2.17 bits per heavy atom. The summed E-state index contributed by atoms with van der Waals surface area (Å²) >= 11 is 7.42. The molecule has 0 saturated carbocycles. The zero-order chi connectivity index (χ0) is 16.6. The molecule has 2 amide bonds. The summed E-state index contributed by atoms with van der Waals surface area (Å²) in [5.74, 6) is -0.708. The molecule has 1 aromatic heterocycles. The summed E-state index contributed by atoms with van der Waals surface area (Å²) in [4.78, 5) is 26.1. The normalized spacial score (nSPS) is 17.6. The van der Waals surface area contributed by atoms with Crippen LogP contribution in [0.5, 0.6) is 0 Å². The molecule has 0 bridgehead atoms. The first-order valence-electron chi connectivity index (χ1n) is 7.11. The van der Waals surface area contributed by atoms with E-state index in [-0.39, 0.29) is 18.2 Å². The fraction of sp³-hybridized carbons (Fsp3) is 0.333. The third-order valence-electron chi connectivity index (χ3n) is 3.72. The van der Waals surface area contributed by atoms with E-state index in [2.05, 4.69) is 15.5 Å². The summed E-state index contributed by atoms with van der Waals surface area (Å²) < 4.78 is 0. The van der Waals surface area contributed by atoms with Gasteiger partial charge in [0.2, 0.25) is 16.9 Å². The molecule has 0 aliphatic carbocycles. The number of benzene rings is 1. The van der Waals surface area contributed by atoms with Crippen molar-refractivity contribution in [3.8, 4) is 0 Å². The Bertz CT molecular complexity index is 777. The molecule has 1 aliphatic heterocycles. The Labute approximate surface area is 142 Å². The molecule has 2 aromatic rings. The number of amides is 2. The number of hydrogen-bond acceptors (Lipinski definition) is 5. The Hall–Kier alpha value is -1.99. The van der Waals surface area contributed by atoms with Crippen molar-refractivity contribution in [3.63, 3.8) is 0 Å². The lowest BCUT2D eigenvalue weighted by Crippen LogP contribution is -2.28. The van der Waals surface area contributed by atoms with Crippen molar-refractivity contribution < 1.29 is 9.59 Å². The van der Waals surface area contributed by atoms with Crippen LogP contribution in [0.1, 0.15) is 17.0 Å². The van der Waals surface area contributed by atoms with Gasteiger partial charge in [-0.05, 0) is 31.5 Å². The summed E-state index contributed by atoms with van der Waals surface area (Å²) in [6, 6.07) is 5.46. The van der Waals surface area contributed by atoms with Gasteiger partial charge in [-0.3, -0.25) is 9.59 Å². The second kappa shape index (κ2) is 6.25. The van der Waals surface area contributed by atoms with Gasteiger partial charge in [0.1, 0.15) is 5.01 Å². The highest BCUT2D eigenvalue weighted by atomic mass is 35.5. The highest BCUT2D eigenvalue weighted by Crippen LogP contribution is 2.29. The molecule has 1 saturated heterocycles. The summed E-state index contributed by atoms with van der Waals surface area (Å²) in [5, 5.41) is 12.3. The number of anilines is 2. The van der Waals surface area contributed by atoms with Gasteiger partial charge in [-0.1, -0.05) is 29.0 Å². The fourth-order valence-electron chi connectivity index (χ4n) is 2.44.